The molecule has 2 aromatic rings. The molecular weight excluding hydrogens is 374 g/mol. The molecule has 0 aliphatic rings. The van der Waals surface area contributed by atoms with Crippen molar-refractivity contribution in [1.29, 1.82) is 0 Å². The lowest BCUT2D eigenvalue weighted by atomic mass is 10.1. The first-order valence-electron chi connectivity index (χ1n) is 9.31. The van der Waals surface area contributed by atoms with Crippen LogP contribution in [-0.4, -0.2) is 20.2 Å². The van der Waals surface area contributed by atoms with Crippen LogP contribution in [0.25, 0.3) is 0 Å². The standard InChI is InChI=1S/C22H31NO2S2/c1-14(2)21(13-26-20-11-15(3)8-16(4)12-20)23-27(24,25)22-18(6)9-17(5)10-19(22)7/h8-12,14,21,23H,13H2,1-7H3. The van der Waals surface area contributed by atoms with E-state index in [1.54, 1.807) is 11.8 Å². The third-order valence-electron chi connectivity index (χ3n) is 4.61. The molecule has 27 heavy (non-hydrogen) atoms. The number of hydrogen-bond acceptors (Lipinski definition) is 3. The fraction of sp³-hybridized carbons (Fsp3) is 0.455. The largest absolute Gasteiger partial charge is 0.241 e. The number of sulfonamides is 1. The number of aryl methyl sites for hydroxylation is 5. The van der Waals surface area contributed by atoms with Crippen LogP contribution in [-0.2, 0) is 10.0 Å². The molecule has 0 aromatic heterocycles. The molecule has 0 heterocycles. The molecular formula is C22H31NO2S2. The Hall–Kier alpha value is -1.30. The third kappa shape index (κ3) is 5.84. The zero-order valence-corrected chi connectivity index (χ0v) is 19.0. The van der Waals surface area contributed by atoms with Gasteiger partial charge >= 0.3 is 0 Å². The highest BCUT2D eigenvalue weighted by molar-refractivity contribution is 7.99. The first kappa shape index (κ1) is 22.0. The van der Waals surface area contributed by atoms with Crippen molar-refractivity contribution in [2.45, 2.75) is 64.3 Å². The highest BCUT2D eigenvalue weighted by atomic mass is 32.2. The van der Waals surface area contributed by atoms with Crippen molar-refractivity contribution < 1.29 is 8.42 Å². The van der Waals surface area contributed by atoms with E-state index < -0.39 is 10.0 Å². The molecule has 0 aliphatic carbocycles. The average Bonchev–Trinajstić information content (AvgIpc) is 2.48. The van der Waals surface area contributed by atoms with Crippen molar-refractivity contribution in [3.63, 3.8) is 0 Å². The molecule has 0 saturated carbocycles. The highest BCUT2D eigenvalue weighted by Gasteiger charge is 2.25. The summed E-state index contributed by atoms with van der Waals surface area (Å²) < 4.78 is 29.2. The van der Waals surface area contributed by atoms with Gasteiger partial charge in [0.1, 0.15) is 0 Å². The van der Waals surface area contributed by atoms with Gasteiger partial charge in [-0.05, 0) is 74.9 Å². The Labute approximate surface area is 169 Å². The fourth-order valence-electron chi connectivity index (χ4n) is 3.41. The van der Waals surface area contributed by atoms with Gasteiger partial charge in [0.15, 0.2) is 0 Å². The molecule has 2 rings (SSSR count). The number of rotatable bonds is 7. The number of hydrogen-bond donors (Lipinski definition) is 1. The molecule has 0 fully saturated rings. The quantitative estimate of drug-likeness (QED) is 0.634. The van der Waals surface area contributed by atoms with Crippen molar-refractivity contribution >= 4 is 21.8 Å². The minimum Gasteiger partial charge on any atom is -0.207 e. The molecule has 0 bridgehead atoms. The van der Waals surface area contributed by atoms with E-state index in [1.165, 1.54) is 16.0 Å². The van der Waals surface area contributed by atoms with Crippen LogP contribution < -0.4 is 4.72 Å². The van der Waals surface area contributed by atoms with Crippen molar-refractivity contribution in [2.75, 3.05) is 5.75 Å². The smallest absolute Gasteiger partial charge is 0.207 e. The molecule has 1 N–H and O–H groups in total. The van der Waals surface area contributed by atoms with Crippen molar-refractivity contribution in [3.05, 3.63) is 58.1 Å². The summed E-state index contributed by atoms with van der Waals surface area (Å²) in [7, 11) is -3.57. The Balaban J connectivity index is 2.22. The van der Waals surface area contributed by atoms with E-state index in [4.69, 9.17) is 0 Å². The Morgan fingerprint density at radius 1 is 0.852 bits per heavy atom. The van der Waals surface area contributed by atoms with E-state index in [0.29, 0.717) is 10.6 Å². The third-order valence-corrected chi connectivity index (χ3v) is 7.50. The van der Waals surface area contributed by atoms with Gasteiger partial charge in [0.2, 0.25) is 10.0 Å². The number of benzene rings is 2. The predicted molar refractivity (Wildman–Crippen MR) is 116 cm³/mol. The predicted octanol–water partition coefficient (Wildman–Crippen LogP) is 5.32. The van der Waals surface area contributed by atoms with Crippen LogP contribution in [0.3, 0.4) is 0 Å². The molecule has 0 aliphatic heterocycles. The van der Waals surface area contributed by atoms with Crippen LogP contribution in [0.4, 0.5) is 0 Å². The molecule has 3 nitrogen and oxygen atoms in total. The SMILES string of the molecule is Cc1cc(C)cc(SCC(NS(=O)(=O)c2c(C)cc(C)cc2C)C(C)C)c1. The maximum Gasteiger partial charge on any atom is 0.241 e. The summed E-state index contributed by atoms with van der Waals surface area (Å²) in [6.45, 7) is 14.0. The zero-order valence-electron chi connectivity index (χ0n) is 17.4. The van der Waals surface area contributed by atoms with Gasteiger partial charge in [-0.2, -0.15) is 0 Å². The van der Waals surface area contributed by atoms with Gasteiger partial charge in [0, 0.05) is 16.7 Å². The second-order valence-corrected chi connectivity index (χ2v) is 10.6. The van der Waals surface area contributed by atoms with Crippen LogP contribution in [0.15, 0.2) is 40.1 Å². The van der Waals surface area contributed by atoms with Crippen molar-refractivity contribution in [3.8, 4) is 0 Å². The minimum absolute atomic E-state index is 0.138. The van der Waals surface area contributed by atoms with E-state index in [-0.39, 0.29) is 12.0 Å². The summed E-state index contributed by atoms with van der Waals surface area (Å²) in [4.78, 5) is 1.59. The average molecular weight is 406 g/mol. The number of thioether (sulfide) groups is 1. The zero-order chi connectivity index (χ0) is 20.4. The summed E-state index contributed by atoms with van der Waals surface area (Å²) in [5.41, 5.74) is 5.12. The van der Waals surface area contributed by atoms with Gasteiger partial charge in [0.25, 0.3) is 0 Å². The Morgan fingerprint density at radius 3 is 1.81 bits per heavy atom. The van der Waals surface area contributed by atoms with Crippen LogP contribution in [0.1, 0.15) is 41.7 Å². The Kier molecular flexibility index (Phi) is 7.17. The summed E-state index contributed by atoms with van der Waals surface area (Å²) in [6.07, 6.45) is 0. The van der Waals surface area contributed by atoms with Gasteiger partial charge in [-0.15, -0.1) is 11.8 Å². The van der Waals surface area contributed by atoms with Gasteiger partial charge in [-0.3, -0.25) is 0 Å². The van der Waals surface area contributed by atoms with Crippen LogP contribution in [0.5, 0.6) is 0 Å². The van der Waals surface area contributed by atoms with E-state index in [9.17, 15) is 8.42 Å². The maximum absolute atomic E-state index is 13.1. The highest BCUT2D eigenvalue weighted by Crippen LogP contribution is 2.26. The molecule has 5 heteroatoms. The van der Waals surface area contributed by atoms with Gasteiger partial charge in [-0.25, -0.2) is 13.1 Å². The monoisotopic (exact) mass is 405 g/mol. The summed E-state index contributed by atoms with van der Waals surface area (Å²) >= 11 is 1.70. The Morgan fingerprint density at radius 2 is 1.33 bits per heavy atom. The molecule has 0 radical (unpaired) electrons. The normalized spacial score (nSPS) is 13.2. The van der Waals surface area contributed by atoms with E-state index in [2.05, 4.69) is 50.6 Å². The summed E-state index contributed by atoms with van der Waals surface area (Å²) in [5.74, 6) is 0.897. The molecule has 0 spiro atoms. The maximum atomic E-state index is 13.1. The van der Waals surface area contributed by atoms with Crippen molar-refractivity contribution in [1.82, 2.24) is 4.72 Å². The summed E-state index contributed by atoms with van der Waals surface area (Å²) in [6, 6.07) is 10.2. The lowest BCUT2D eigenvalue weighted by Crippen LogP contribution is -2.40. The van der Waals surface area contributed by atoms with Crippen molar-refractivity contribution in [2.24, 2.45) is 5.92 Å². The fourth-order valence-corrected chi connectivity index (χ4v) is 6.74. The Bertz CT molecular complexity index is 875. The lowest BCUT2D eigenvalue weighted by molar-refractivity contribution is 0.481. The molecule has 0 amide bonds. The van der Waals surface area contributed by atoms with E-state index >= 15 is 0 Å². The first-order valence-corrected chi connectivity index (χ1v) is 11.8. The topological polar surface area (TPSA) is 46.2 Å². The minimum atomic E-state index is -3.57. The first-order chi connectivity index (χ1) is 12.5. The molecule has 1 atom stereocenters. The lowest BCUT2D eigenvalue weighted by Gasteiger charge is -2.23. The molecule has 1 unspecified atom stereocenters. The molecule has 0 saturated heterocycles. The van der Waals surface area contributed by atoms with Crippen LogP contribution in [0.2, 0.25) is 0 Å². The van der Waals surface area contributed by atoms with Gasteiger partial charge in [0.05, 0.1) is 4.90 Å². The second-order valence-electron chi connectivity index (χ2n) is 7.83. The number of nitrogens with one attached hydrogen (secondary N) is 1. The summed E-state index contributed by atoms with van der Waals surface area (Å²) in [5, 5.41) is 0. The second kappa shape index (κ2) is 8.80. The van der Waals surface area contributed by atoms with E-state index in [1.807, 2.05) is 32.9 Å². The van der Waals surface area contributed by atoms with Crippen LogP contribution >= 0.6 is 11.8 Å². The van der Waals surface area contributed by atoms with Crippen LogP contribution in [0, 0.1) is 40.5 Å². The molecule has 148 valence electrons. The molecule has 2 aromatic carbocycles. The van der Waals surface area contributed by atoms with Gasteiger partial charge < -0.3 is 0 Å². The van der Waals surface area contributed by atoms with Gasteiger partial charge in [-0.1, -0.05) is 37.6 Å². The van der Waals surface area contributed by atoms with E-state index in [0.717, 1.165) is 16.7 Å².